The van der Waals surface area contributed by atoms with E-state index in [0.717, 1.165) is 12.8 Å². The molecule has 1 aliphatic carbocycles. The molecule has 2 fully saturated rings. The molecule has 0 aromatic heterocycles. The minimum absolute atomic E-state index is 0.252. The molecular formula is C10H16N2O4. The topological polar surface area (TPSA) is 67.9 Å². The van der Waals surface area contributed by atoms with Crippen molar-refractivity contribution in [3.8, 4) is 0 Å². The fourth-order valence-corrected chi connectivity index (χ4v) is 1.71. The number of carbonyl (C=O) groups is 2. The molecule has 6 nitrogen and oxygen atoms in total. The van der Waals surface area contributed by atoms with Crippen LogP contribution in [-0.2, 0) is 9.47 Å². The standard InChI is InChI=1S/C10H16N2O4/c1-2-15-9(13)11-5-8-6-12(7-3-4-7)10(14)16-8/h7-8H,2-6H2,1H3,(H,11,13). The highest BCUT2D eigenvalue weighted by Crippen LogP contribution is 2.30. The molecule has 1 saturated heterocycles. The van der Waals surface area contributed by atoms with Crippen molar-refractivity contribution in [1.82, 2.24) is 10.2 Å². The van der Waals surface area contributed by atoms with Crippen molar-refractivity contribution in [2.75, 3.05) is 19.7 Å². The molecule has 90 valence electrons. The Morgan fingerprint density at radius 2 is 2.38 bits per heavy atom. The SMILES string of the molecule is CCOC(=O)NCC1CN(C2CC2)C(=O)O1. The van der Waals surface area contributed by atoms with Gasteiger partial charge in [0, 0.05) is 6.04 Å². The second kappa shape index (κ2) is 4.59. The van der Waals surface area contributed by atoms with E-state index in [1.807, 2.05) is 0 Å². The number of ether oxygens (including phenoxy) is 2. The summed E-state index contributed by atoms with van der Waals surface area (Å²) >= 11 is 0. The van der Waals surface area contributed by atoms with Crippen LogP contribution in [0.1, 0.15) is 19.8 Å². The summed E-state index contributed by atoms with van der Waals surface area (Å²) in [6.45, 7) is 2.96. The molecule has 2 amide bonds. The Balaban J connectivity index is 1.71. The molecule has 0 aromatic carbocycles. The number of cyclic esters (lactones) is 1. The molecule has 1 aliphatic heterocycles. The zero-order chi connectivity index (χ0) is 11.5. The Hall–Kier alpha value is -1.46. The van der Waals surface area contributed by atoms with Crippen LogP contribution in [0, 0.1) is 0 Å². The lowest BCUT2D eigenvalue weighted by atomic mass is 10.3. The van der Waals surface area contributed by atoms with E-state index in [9.17, 15) is 9.59 Å². The fourth-order valence-electron chi connectivity index (χ4n) is 1.71. The van der Waals surface area contributed by atoms with E-state index in [2.05, 4.69) is 5.32 Å². The van der Waals surface area contributed by atoms with E-state index in [4.69, 9.17) is 9.47 Å². The molecule has 1 heterocycles. The van der Waals surface area contributed by atoms with Gasteiger partial charge >= 0.3 is 12.2 Å². The van der Waals surface area contributed by atoms with Crippen LogP contribution in [0.5, 0.6) is 0 Å². The third-order valence-corrected chi connectivity index (χ3v) is 2.64. The summed E-state index contributed by atoms with van der Waals surface area (Å²) in [6.07, 6.45) is 1.14. The monoisotopic (exact) mass is 228 g/mol. The average Bonchev–Trinajstić information content (AvgIpc) is 3.01. The predicted octanol–water partition coefficient (Wildman–Crippen LogP) is 0.716. The fraction of sp³-hybridized carbons (Fsp3) is 0.800. The molecule has 1 atom stereocenters. The molecule has 2 rings (SSSR count). The maximum Gasteiger partial charge on any atom is 0.410 e. The highest BCUT2D eigenvalue weighted by Gasteiger charge is 2.40. The number of hydrogen-bond acceptors (Lipinski definition) is 4. The van der Waals surface area contributed by atoms with E-state index < -0.39 is 6.09 Å². The first kappa shape index (κ1) is 11.0. The summed E-state index contributed by atoms with van der Waals surface area (Å²) < 4.78 is 9.83. The molecular weight excluding hydrogens is 212 g/mol. The van der Waals surface area contributed by atoms with E-state index in [-0.39, 0.29) is 12.2 Å². The van der Waals surface area contributed by atoms with Crippen molar-refractivity contribution in [3.05, 3.63) is 0 Å². The van der Waals surface area contributed by atoms with E-state index in [1.165, 1.54) is 0 Å². The predicted molar refractivity (Wildman–Crippen MR) is 55.0 cm³/mol. The van der Waals surface area contributed by atoms with Gasteiger partial charge in [-0.05, 0) is 19.8 Å². The van der Waals surface area contributed by atoms with E-state index in [1.54, 1.807) is 11.8 Å². The van der Waals surface area contributed by atoms with Crippen LogP contribution in [0.3, 0.4) is 0 Å². The minimum Gasteiger partial charge on any atom is -0.450 e. The van der Waals surface area contributed by atoms with E-state index in [0.29, 0.717) is 25.7 Å². The third kappa shape index (κ3) is 2.56. The van der Waals surface area contributed by atoms with Crippen molar-refractivity contribution in [2.24, 2.45) is 0 Å². The lowest BCUT2D eigenvalue weighted by molar-refractivity contribution is 0.122. The van der Waals surface area contributed by atoms with Crippen molar-refractivity contribution < 1.29 is 19.1 Å². The number of nitrogens with one attached hydrogen (secondary N) is 1. The molecule has 0 radical (unpaired) electrons. The first-order valence-electron chi connectivity index (χ1n) is 5.58. The molecule has 0 spiro atoms. The van der Waals surface area contributed by atoms with Gasteiger partial charge in [0.15, 0.2) is 0 Å². The highest BCUT2D eigenvalue weighted by atomic mass is 16.6. The van der Waals surface area contributed by atoms with Crippen LogP contribution in [0.25, 0.3) is 0 Å². The largest absolute Gasteiger partial charge is 0.450 e. The molecule has 1 saturated carbocycles. The normalized spacial score (nSPS) is 24.2. The zero-order valence-electron chi connectivity index (χ0n) is 9.27. The highest BCUT2D eigenvalue weighted by molar-refractivity contribution is 5.71. The quantitative estimate of drug-likeness (QED) is 0.769. The molecule has 6 heteroatoms. The van der Waals surface area contributed by atoms with Gasteiger partial charge in [0.25, 0.3) is 0 Å². The summed E-state index contributed by atoms with van der Waals surface area (Å²) in [4.78, 5) is 24.2. The lowest BCUT2D eigenvalue weighted by Gasteiger charge is -2.11. The van der Waals surface area contributed by atoms with Crippen LogP contribution >= 0.6 is 0 Å². The molecule has 0 aromatic rings. The number of rotatable bonds is 4. The van der Waals surface area contributed by atoms with Gasteiger partial charge in [0.1, 0.15) is 6.10 Å². The number of amides is 2. The number of nitrogens with zero attached hydrogens (tertiary/aromatic N) is 1. The van der Waals surface area contributed by atoms with Gasteiger partial charge in [-0.3, -0.25) is 0 Å². The van der Waals surface area contributed by atoms with Gasteiger partial charge < -0.3 is 19.7 Å². The van der Waals surface area contributed by atoms with Gasteiger partial charge in [0.05, 0.1) is 19.7 Å². The maximum atomic E-state index is 11.4. The van der Waals surface area contributed by atoms with Crippen LogP contribution in [0.2, 0.25) is 0 Å². The second-order valence-electron chi connectivity index (χ2n) is 3.99. The van der Waals surface area contributed by atoms with Gasteiger partial charge in [0.2, 0.25) is 0 Å². The summed E-state index contributed by atoms with van der Waals surface area (Å²) in [7, 11) is 0. The van der Waals surface area contributed by atoms with Gasteiger partial charge in [-0.2, -0.15) is 0 Å². The summed E-state index contributed by atoms with van der Waals surface area (Å²) in [5, 5.41) is 2.56. The second-order valence-corrected chi connectivity index (χ2v) is 3.99. The van der Waals surface area contributed by atoms with Crippen molar-refractivity contribution in [3.63, 3.8) is 0 Å². The third-order valence-electron chi connectivity index (χ3n) is 2.64. The Labute approximate surface area is 93.9 Å². The van der Waals surface area contributed by atoms with E-state index >= 15 is 0 Å². The molecule has 0 bridgehead atoms. The van der Waals surface area contributed by atoms with Crippen LogP contribution in [0.15, 0.2) is 0 Å². The minimum atomic E-state index is -0.469. The molecule has 1 N–H and O–H groups in total. The first-order valence-corrected chi connectivity index (χ1v) is 5.58. The lowest BCUT2D eigenvalue weighted by Crippen LogP contribution is -2.35. The number of hydrogen-bond donors (Lipinski definition) is 1. The van der Waals surface area contributed by atoms with Crippen molar-refractivity contribution in [2.45, 2.75) is 31.9 Å². The van der Waals surface area contributed by atoms with Gasteiger partial charge in [-0.15, -0.1) is 0 Å². The zero-order valence-corrected chi connectivity index (χ0v) is 9.27. The molecule has 2 aliphatic rings. The Morgan fingerprint density at radius 3 is 3.00 bits per heavy atom. The number of alkyl carbamates (subject to hydrolysis) is 1. The summed E-state index contributed by atoms with van der Waals surface area (Å²) in [5.41, 5.74) is 0. The Bertz CT molecular complexity index is 291. The van der Waals surface area contributed by atoms with Crippen LogP contribution in [0.4, 0.5) is 9.59 Å². The van der Waals surface area contributed by atoms with Crippen molar-refractivity contribution >= 4 is 12.2 Å². The molecule has 1 unspecified atom stereocenters. The smallest absolute Gasteiger partial charge is 0.410 e. The van der Waals surface area contributed by atoms with Crippen molar-refractivity contribution in [1.29, 1.82) is 0 Å². The molecule has 16 heavy (non-hydrogen) atoms. The Morgan fingerprint density at radius 1 is 1.62 bits per heavy atom. The van der Waals surface area contributed by atoms with Crippen LogP contribution in [-0.4, -0.2) is 48.9 Å². The summed E-state index contributed by atoms with van der Waals surface area (Å²) in [5.74, 6) is 0. The van der Waals surface area contributed by atoms with Gasteiger partial charge in [-0.1, -0.05) is 0 Å². The number of carbonyl (C=O) groups excluding carboxylic acids is 2. The summed E-state index contributed by atoms with van der Waals surface area (Å²) in [6, 6.07) is 0.361. The van der Waals surface area contributed by atoms with Crippen LogP contribution < -0.4 is 5.32 Å². The first-order chi connectivity index (χ1) is 7.70. The van der Waals surface area contributed by atoms with Gasteiger partial charge in [-0.25, -0.2) is 9.59 Å². The Kier molecular flexibility index (Phi) is 3.17. The average molecular weight is 228 g/mol. The maximum absolute atomic E-state index is 11.4.